The van der Waals surface area contributed by atoms with Crippen LogP contribution >= 0.6 is 0 Å². The fourth-order valence-electron chi connectivity index (χ4n) is 4.01. The third kappa shape index (κ3) is 3.71. The first kappa shape index (κ1) is 17.5. The molecule has 3 heteroatoms. The van der Waals surface area contributed by atoms with Crippen molar-refractivity contribution in [2.24, 2.45) is 11.8 Å². The van der Waals surface area contributed by atoms with Crippen LogP contribution in [-0.2, 0) is 4.79 Å². The van der Waals surface area contributed by atoms with Crippen LogP contribution in [-0.4, -0.2) is 20.0 Å². The zero-order chi connectivity index (χ0) is 17.8. The maximum atomic E-state index is 12.8. The van der Waals surface area contributed by atoms with Gasteiger partial charge < -0.3 is 9.47 Å². The number of hydrogen-bond acceptors (Lipinski definition) is 3. The highest BCUT2D eigenvalue weighted by Gasteiger charge is 2.37. The molecular formula is C22H26O3. The van der Waals surface area contributed by atoms with E-state index in [1.807, 2.05) is 24.3 Å². The number of carbonyl (C=O) groups excluding carboxylic acids is 1. The number of ether oxygens (including phenoxy) is 2. The second kappa shape index (κ2) is 7.73. The van der Waals surface area contributed by atoms with Crippen molar-refractivity contribution in [3.63, 3.8) is 0 Å². The minimum atomic E-state index is 0.0236. The van der Waals surface area contributed by atoms with E-state index < -0.39 is 0 Å². The van der Waals surface area contributed by atoms with Crippen LogP contribution in [0.15, 0.2) is 48.5 Å². The van der Waals surface area contributed by atoms with Gasteiger partial charge in [-0.3, -0.25) is 4.79 Å². The van der Waals surface area contributed by atoms with E-state index >= 15 is 0 Å². The van der Waals surface area contributed by atoms with Crippen LogP contribution in [0.4, 0.5) is 0 Å². The summed E-state index contributed by atoms with van der Waals surface area (Å²) in [6.07, 6.45) is 2.81. The van der Waals surface area contributed by atoms with E-state index in [2.05, 4.69) is 31.2 Å². The number of rotatable bonds is 5. The van der Waals surface area contributed by atoms with E-state index in [9.17, 15) is 4.79 Å². The van der Waals surface area contributed by atoms with Gasteiger partial charge in [-0.2, -0.15) is 0 Å². The summed E-state index contributed by atoms with van der Waals surface area (Å²) in [6, 6.07) is 16.2. The summed E-state index contributed by atoms with van der Waals surface area (Å²) in [6.45, 7) is 2.21. The van der Waals surface area contributed by atoms with Gasteiger partial charge in [0.1, 0.15) is 17.3 Å². The minimum Gasteiger partial charge on any atom is -0.497 e. The molecule has 0 N–H and O–H groups in total. The van der Waals surface area contributed by atoms with Crippen LogP contribution < -0.4 is 9.47 Å². The number of ketones is 1. The van der Waals surface area contributed by atoms with Gasteiger partial charge in [-0.05, 0) is 54.2 Å². The van der Waals surface area contributed by atoms with Gasteiger partial charge in [0.25, 0.3) is 0 Å². The first-order valence-corrected chi connectivity index (χ1v) is 8.94. The number of carbonyl (C=O) groups is 1. The summed E-state index contributed by atoms with van der Waals surface area (Å²) in [7, 11) is 3.34. The lowest BCUT2D eigenvalue weighted by atomic mass is 9.68. The number of hydrogen-bond donors (Lipinski definition) is 0. The van der Waals surface area contributed by atoms with Gasteiger partial charge in [0.2, 0.25) is 0 Å². The molecule has 1 saturated carbocycles. The number of Topliss-reactive ketones (excluding diaryl/α,β-unsaturated/α-hetero) is 1. The topological polar surface area (TPSA) is 35.5 Å². The van der Waals surface area contributed by atoms with Crippen LogP contribution in [0.25, 0.3) is 0 Å². The van der Waals surface area contributed by atoms with Crippen molar-refractivity contribution in [3.05, 3.63) is 59.7 Å². The fraction of sp³-hybridized carbons (Fsp3) is 0.409. The van der Waals surface area contributed by atoms with E-state index in [0.717, 1.165) is 35.5 Å². The first-order valence-electron chi connectivity index (χ1n) is 8.94. The van der Waals surface area contributed by atoms with Crippen molar-refractivity contribution < 1.29 is 14.3 Å². The lowest BCUT2D eigenvalue weighted by molar-refractivity contribution is -0.126. The molecule has 1 aliphatic rings. The average Bonchev–Trinajstić information content (AvgIpc) is 2.65. The van der Waals surface area contributed by atoms with E-state index in [1.165, 1.54) is 0 Å². The molecule has 0 unspecified atom stereocenters. The van der Waals surface area contributed by atoms with E-state index in [0.29, 0.717) is 18.1 Å². The summed E-state index contributed by atoms with van der Waals surface area (Å²) in [5.74, 6) is 2.53. The normalized spacial score (nSPS) is 20.6. The molecule has 0 spiro atoms. The molecule has 1 fully saturated rings. The highest BCUT2D eigenvalue weighted by Crippen LogP contribution is 2.42. The van der Waals surface area contributed by atoms with Gasteiger partial charge in [0.05, 0.1) is 14.2 Å². The Morgan fingerprint density at radius 3 is 1.76 bits per heavy atom. The smallest absolute Gasteiger partial charge is 0.137 e. The summed E-state index contributed by atoms with van der Waals surface area (Å²) in [4.78, 5) is 12.8. The molecule has 3 nitrogen and oxygen atoms in total. The van der Waals surface area contributed by atoms with E-state index in [1.54, 1.807) is 14.2 Å². The largest absolute Gasteiger partial charge is 0.497 e. The van der Waals surface area contributed by atoms with E-state index in [-0.39, 0.29) is 11.8 Å². The van der Waals surface area contributed by atoms with E-state index in [4.69, 9.17) is 9.47 Å². The highest BCUT2D eigenvalue weighted by atomic mass is 16.5. The second-order valence-corrected chi connectivity index (χ2v) is 6.89. The summed E-state index contributed by atoms with van der Waals surface area (Å²) in [5.41, 5.74) is 2.33. The Hall–Kier alpha value is -2.29. The summed E-state index contributed by atoms with van der Waals surface area (Å²) >= 11 is 0. The molecule has 2 atom stereocenters. The van der Waals surface area contributed by atoms with Crippen LogP contribution in [0, 0.1) is 11.8 Å². The quantitative estimate of drug-likeness (QED) is 0.782. The third-order valence-electron chi connectivity index (χ3n) is 5.38. The molecule has 1 aliphatic carbocycles. The Bertz CT molecular complexity index is 656. The van der Waals surface area contributed by atoms with Gasteiger partial charge in [-0.1, -0.05) is 31.2 Å². The zero-order valence-electron chi connectivity index (χ0n) is 15.2. The monoisotopic (exact) mass is 338 g/mol. The third-order valence-corrected chi connectivity index (χ3v) is 5.38. The van der Waals surface area contributed by atoms with Crippen LogP contribution in [0.2, 0.25) is 0 Å². The van der Waals surface area contributed by atoms with Gasteiger partial charge >= 0.3 is 0 Å². The summed E-state index contributed by atoms with van der Waals surface area (Å²) in [5, 5.41) is 0. The van der Waals surface area contributed by atoms with Crippen molar-refractivity contribution in [1.29, 1.82) is 0 Å². The van der Waals surface area contributed by atoms with Crippen molar-refractivity contribution >= 4 is 5.78 Å². The summed E-state index contributed by atoms with van der Waals surface area (Å²) < 4.78 is 10.6. The molecule has 3 rings (SSSR count). The molecule has 2 aromatic carbocycles. The Morgan fingerprint density at radius 1 is 0.880 bits per heavy atom. The number of methoxy groups -OCH3 is 2. The standard InChI is InChI=1S/C22H26O3/c1-15-5-4-6-20(23)21(15)22(16-7-11-18(24-2)12-8-16)17-9-13-19(25-3)14-10-17/h7-15,21-22H,4-6H2,1-3H3/t15-,21+/m1/s1. The Balaban J connectivity index is 2.04. The van der Waals surface area contributed by atoms with Crippen LogP contribution in [0.1, 0.15) is 43.2 Å². The van der Waals surface area contributed by atoms with Gasteiger partial charge in [0, 0.05) is 18.3 Å². The number of benzene rings is 2. The predicted octanol–water partition coefficient (Wildman–Crippen LogP) is 4.84. The Labute approximate surface area is 150 Å². The molecule has 2 aromatic rings. The molecule has 0 saturated heterocycles. The van der Waals surface area contributed by atoms with Gasteiger partial charge in [-0.25, -0.2) is 0 Å². The SMILES string of the molecule is COc1ccc(C(c2ccc(OC)cc2)[C@@H]2C(=O)CCC[C@H]2C)cc1. The molecule has 132 valence electrons. The minimum absolute atomic E-state index is 0.0236. The van der Waals surface area contributed by atoms with Crippen molar-refractivity contribution in [2.45, 2.75) is 32.1 Å². The van der Waals surface area contributed by atoms with Gasteiger partial charge in [-0.15, -0.1) is 0 Å². The highest BCUT2D eigenvalue weighted by molar-refractivity contribution is 5.83. The molecule has 0 bridgehead atoms. The molecule has 0 aliphatic heterocycles. The maximum Gasteiger partial charge on any atom is 0.137 e. The molecule has 0 amide bonds. The first-order chi connectivity index (χ1) is 12.1. The molecule has 25 heavy (non-hydrogen) atoms. The van der Waals surface area contributed by atoms with Crippen LogP contribution in [0.5, 0.6) is 11.5 Å². The second-order valence-electron chi connectivity index (χ2n) is 6.89. The molecular weight excluding hydrogens is 312 g/mol. The van der Waals surface area contributed by atoms with Crippen LogP contribution in [0.3, 0.4) is 0 Å². The van der Waals surface area contributed by atoms with Crippen molar-refractivity contribution in [3.8, 4) is 11.5 Å². The average molecular weight is 338 g/mol. The van der Waals surface area contributed by atoms with Gasteiger partial charge in [0.15, 0.2) is 0 Å². The fourth-order valence-corrected chi connectivity index (χ4v) is 4.01. The molecule has 0 heterocycles. The lowest BCUT2D eigenvalue weighted by Crippen LogP contribution is -2.32. The molecule has 0 radical (unpaired) electrons. The zero-order valence-corrected chi connectivity index (χ0v) is 15.2. The maximum absolute atomic E-state index is 12.8. The Morgan fingerprint density at radius 2 is 1.36 bits per heavy atom. The predicted molar refractivity (Wildman–Crippen MR) is 99.3 cm³/mol. The van der Waals surface area contributed by atoms with Crippen molar-refractivity contribution in [1.82, 2.24) is 0 Å². The Kier molecular flexibility index (Phi) is 5.42. The van der Waals surface area contributed by atoms with Crippen molar-refractivity contribution in [2.75, 3.05) is 14.2 Å². The lowest BCUT2D eigenvalue weighted by Gasteiger charge is -2.35. The molecule has 0 aromatic heterocycles.